The van der Waals surface area contributed by atoms with Gasteiger partial charge in [0.1, 0.15) is 0 Å². The number of allylic oxidation sites excluding steroid dienone is 1. The van der Waals surface area contributed by atoms with Gasteiger partial charge in [0.15, 0.2) is 0 Å². The third-order valence-corrected chi connectivity index (χ3v) is 18.1. The van der Waals surface area contributed by atoms with Crippen molar-refractivity contribution in [1.29, 1.82) is 0 Å². The number of aliphatic hydroxyl groups is 2. The lowest BCUT2D eigenvalue weighted by Crippen LogP contribution is -2.45. The van der Waals surface area contributed by atoms with E-state index in [1.54, 1.807) is 6.08 Å². The van der Waals surface area contributed by atoms with Crippen LogP contribution in [0.3, 0.4) is 0 Å². The van der Waals surface area contributed by atoms with Crippen LogP contribution in [0.25, 0.3) is 0 Å². The molecule has 0 bridgehead atoms. The molecule has 0 aliphatic rings. The first kappa shape index (κ1) is 80.6. The number of aliphatic hydroxyl groups excluding tert-OH is 2. The molecule has 2 atom stereocenters. The Kier molecular flexibility index (Phi) is 70.8. The van der Waals surface area contributed by atoms with Gasteiger partial charge in [-0.25, -0.2) is 0 Å². The normalized spacial score (nSPS) is 12.5. The fraction of sp³-hybridized carbons (Fsp3) is 0.947. The summed E-state index contributed by atoms with van der Waals surface area (Å²) in [6.07, 6.45) is 90.6. The highest BCUT2D eigenvalue weighted by molar-refractivity contribution is 5.76. The summed E-state index contributed by atoms with van der Waals surface area (Å²) in [7, 11) is 0. The molecule has 6 heteroatoms. The second-order valence-corrected chi connectivity index (χ2v) is 26.4. The molecule has 0 aliphatic heterocycles. The topological polar surface area (TPSA) is 95.9 Å². The zero-order valence-corrected chi connectivity index (χ0v) is 56.0. The van der Waals surface area contributed by atoms with Gasteiger partial charge in [-0.1, -0.05) is 405 Å². The summed E-state index contributed by atoms with van der Waals surface area (Å²) in [5.74, 6) is -0.0331. The molecule has 0 spiro atoms. The number of nitrogens with one attached hydrogen (secondary N) is 1. The first-order valence-electron chi connectivity index (χ1n) is 38.0. The molecule has 0 aliphatic carbocycles. The van der Waals surface area contributed by atoms with Gasteiger partial charge < -0.3 is 20.3 Å². The highest BCUT2D eigenvalue weighted by Crippen LogP contribution is 2.20. The molecule has 0 aromatic carbocycles. The second-order valence-electron chi connectivity index (χ2n) is 26.4. The van der Waals surface area contributed by atoms with Crippen LogP contribution in [0, 0.1) is 0 Å². The number of carbonyl (C=O) groups excluding carboxylic acids is 2. The van der Waals surface area contributed by atoms with Gasteiger partial charge in [0.25, 0.3) is 0 Å². The SMILES string of the molecule is CCCCCCCCCCC/C=C/C(O)C(CO)NC(=O)CCCCCCCCCCCCCCCCCCCCCCCCCCCCCCCCCCCCCCCCCOC(=O)CCCCCCCCCCCCCCCCC. The van der Waals surface area contributed by atoms with Gasteiger partial charge in [-0.05, 0) is 32.1 Å². The lowest BCUT2D eigenvalue weighted by molar-refractivity contribution is -0.143. The van der Waals surface area contributed by atoms with E-state index in [1.807, 2.05) is 6.08 Å². The Hall–Kier alpha value is -1.40. The van der Waals surface area contributed by atoms with E-state index >= 15 is 0 Å². The summed E-state index contributed by atoms with van der Waals surface area (Å²) in [5, 5.41) is 23.1. The zero-order valence-electron chi connectivity index (χ0n) is 56.0. The Bertz CT molecular complexity index is 1240. The van der Waals surface area contributed by atoms with E-state index in [2.05, 4.69) is 19.2 Å². The fourth-order valence-electron chi connectivity index (χ4n) is 12.3. The third kappa shape index (κ3) is 67.7. The van der Waals surface area contributed by atoms with Crippen molar-refractivity contribution in [1.82, 2.24) is 5.32 Å². The average molecular weight is 1160 g/mol. The van der Waals surface area contributed by atoms with E-state index in [-0.39, 0.29) is 18.5 Å². The predicted octanol–water partition coefficient (Wildman–Crippen LogP) is 24.7. The van der Waals surface area contributed by atoms with Crippen LogP contribution in [-0.4, -0.2) is 47.4 Å². The highest BCUT2D eigenvalue weighted by atomic mass is 16.5. The Labute approximate surface area is 514 Å². The predicted molar refractivity (Wildman–Crippen MR) is 361 cm³/mol. The minimum atomic E-state index is -0.838. The third-order valence-electron chi connectivity index (χ3n) is 18.1. The molecule has 2 unspecified atom stereocenters. The van der Waals surface area contributed by atoms with Crippen LogP contribution in [0.2, 0.25) is 0 Å². The maximum absolute atomic E-state index is 12.4. The largest absolute Gasteiger partial charge is 0.466 e. The summed E-state index contributed by atoms with van der Waals surface area (Å²) in [6.45, 7) is 4.94. The maximum Gasteiger partial charge on any atom is 0.305 e. The number of hydrogen-bond acceptors (Lipinski definition) is 5. The van der Waals surface area contributed by atoms with Crippen LogP contribution in [0.5, 0.6) is 0 Å². The number of rotatable bonds is 72. The number of unbranched alkanes of at least 4 members (excludes halogenated alkanes) is 61. The Morgan fingerprint density at radius 2 is 0.561 bits per heavy atom. The summed E-state index contributed by atoms with van der Waals surface area (Å²) < 4.78 is 5.51. The molecule has 0 heterocycles. The summed E-state index contributed by atoms with van der Waals surface area (Å²) in [4.78, 5) is 24.5. The van der Waals surface area contributed by atoms with Crippen LogP contribution in [0.1, 0.15) is 438 Å². The van der Waals surface area contributed by atoms with Gasteiger partial charge in [0.2, 0.25) is 5.91 Å². The monoisotopic (exact) mass is 1160 g/mol. The van der Waals surface area contributed by atoms with Crippen molar-refractivity contribution in [2.75, 3.05) is 13.2 Å². The lowest BCUT2D eigenvalue weighted by atomic mass is 10.0. The van der Waals surface area contributed by atoms with Crippen molar-refractivity contribution in [2.45, 2.75) is 450 Å². The maximum atomic E-state index is 12.4. The molecular weight excluding hydrogens is 1010 g/mol. The van der Waals surface area contributed by atoms with Gasteiger partial charge in [-0.2, -0.15) is 0 Å². The lowest BCUT2D eigenvalue weighted by Gasteiger charge is -2.20. The number of carbonyl (C=O) groups is 2. The quantitative estimate of drug-likeness (QED) is 0.0320. The van der Waals surface area contributed by atoms with E-state index in [9.17, 15) is 19.8 Å². The van der Waals surface area contributed by atoms with Crippen LogP contribution >= 0.6 is 0 Å². The molecule has 1 amide bonds. The summed E-state index contributed by atoms with van der Waals surface area (Å²) in [6, 6.07) is -0.621. The Balaban J connectivity index is 3.26. The van der Waals surface area contributed by atoms with E-state index in [0.717, 1.165) is 38.5 Å². The highest BCUT2D eigenvalue weighted by Gasteiger charge is 2.18. The molecule has 6 nitrogen and oxygen atoms in total. The Morgan fingerprint density at radius 3 is 0.829 bits per heavy atom. The van der Waals surface area contributed by atoms with Crippen LogP contribution in [-0.2, 0) is 14.3 Å². The summed E-state index contributed by atoms with van der Waals surface area (Å²) >= 11 is 0. The van der Waals surface area contributed by atoms with Crippen LogP contribution in [0.15, 0.2) is 12.2 Å². The first-order valence-corrected chi connectivity index (χ1v) is 38.0. The first-order chi connectivity index (χ1) is 40.5. The van der Waals surface area contributed by atoms with Crippen molar-refractivity contribution in [3.05, 3.63) is 12.2 Å². The average Bonchev–Trinajstić information content (AvgIpc) is 3.48. The second kappa shape index (κ2) is 72.1. The molecule has 0 saturated heterocycles. The molecular formula is C76H149NO5. The van der Waals surface area contributed by atoms with Crippen LogP contribution in [0.4, 0.5) is 0 Å². The van der Waals surface area contributed by atoms with Crippen molar-refractivity contribution in [3.63, 3.8) is 0 Å². The molecule has 0 saturated carbocycles. The van der Waals surface area contributed by atoms with E-state index < -0.39 is 12.1 Å². The van der Waals surface area contributed by atoms with Gasteiger partial charge in [-0.15, -0.1) is 0 Å². The molecule has 0 rings (SSSR count). The summed E-state index contributed by atoms with van der Waals surface area (Å²) in [5.41, 5.74) is 0. The molecule has 3 N–H and O–H groups in total. The fourth-order valence-corrected chi connectivity index (χ4v) is 12.3. The number of ether oxygens (including phenoxy) is 1. The van der Waals surface area contributed by atoms with E-state index in [1.165, 1.54) is 372 Å². The zero-order chi connectivity index (χ0) is 59.2. The minimum absolute atomic E-state index is 0.0277. The Morgan fingerprint density at radius 1 is 0.329 bits per heavy atom. The van der Waals surface area contributed by atoms with E-state index in [4.69, 9.17) is 4.74 Å². The van der Waals surface area contributed by atoms with Gasteiger partial charge in [0.05, 0.1) is 25.4 Å². The molecule has 0 aromatic rings. The number of amides is 1. The molecule has 0 fully saturated rings. The van der Waals surface area contributed by atoms with Gasteiger partial charge in [0, 0.05) is 12.8 Å². The van der Waals surface area contributed by atoms with E-state index in [0.29, 0.717) is 19.4 Å². The standard InChI is InChI=1S/C76H149NO5/c1-3-5-7-9-11-13-15-16-42-46-50-54-58-62-66-70-76(81)82-71-67-63-59-55-51-47-44-41-39-37-35-33-31-29-27-25-23-21-19-17-18-20-22-24-26-28-30-32-34-36-38-40-43-45-49-53-57-61-65-69-75(80)77-73(72-78)74(79)68-64-60-56-52-48-14-12-10-8-6-4-2/h64,68,73-74,78-79H,3-63,65-67,69-72H2,1-2H3,(H,77,80)/b68-64+. The van der Waals surface area contributed by atoms with Crippen molar-refractivity contribution < 1.29 is 24.5 Å². The molecule has 488 valence electrons. The van der Waals surface area contributed by atoms with Gasteiger partial charge >= 0.3 is 5.97 Å². The molecule has 82 heavy (non-hydrogen) atoms. The minimum Gasteiger partial charge on any atom is -0.466 e. The van der Waals surface area contributed by atoms with Crippen molar-refractivity contribution in [3.8, 4) is 0 Å². The molecule has 0 aromatic heterocycles. The van der Waals surface area contributed by atoms with Crippen molar-refractivity contribution >= 4 is 11.9 Å². The van der Waals surface area contributed by atoms with Crippen LogP contribution < -0.4 is 5.32 Å². The molecule has 0 radical (unpaired) electrons. The number of hydrogen-bond donors (Lipinski definition) is 3. The van der Waals surface area contributed by atoms with Crippen molar-refractivity contribution in [2.24, 2.45) is 0 Å². The van der Waals surface area contributed by atoms with Gasteiger partial charge in [-0.3, -0.25) is 9.59 Å². The number of esters is 1. The smallest absolute Gasteiger partial charge is 0.305 e.